The van der Waals surface area contributed by atoms with Gasteiger partial charge in [-0.1, -0.05) is 0 Å². The zero-order chi connectivity index (χ0) is 17.7. The molecule has 1 N–H and O–H groups in total. The minimum atomic E-state index is -0.354. The lowest BCUT2D eigenvalue weighted by atomic mass is 9.95. The van der Waals surface area contributed by atoms with Gasteiger partial charge in [0.05, 0.1) is 6.10 Å². The maximum Gasteiger partial charge on any atom is 0.342 e. The van der Waals surface area contributed by atoms with Gasteiger partial charge in [-0.15, -0.1) is 0 Å². The molecule has 6 nitrogen and oxygen atoms in total. The van der Waals surface area contributed by atoms with Gasteiger partial charge < -0.3 is 15.0 Å². The highest BCUT2D eigenvalue weighted by Gasteiger charge is 2.28. The van der Waals surface area contributed by atoms with Gasteiger partial charge in [0.1, 0.15) is 11.4 Å². The van der Waals surface area contributed by atoms with Gasteiger partial charge in [0.2, 0.25) is 5.91 Å². The molecule has 6 heteroatoms. The number of esters is 1. The Hall–Kier alpha value is -2.11. The van der Waals surface area contributed by atoms with E-state index in [0.29, 0.717) is 24.5 Å². The van der Waals surface area contributed by atoms with Crippen molar-refractivity contribution in [1.82, 2.24) is 10.3 Å². The average Bonchev–Trinajstić information content (AvgIpc) is 2.53. The van der Waals surface area contributed by atoms with Crippen LogP contribution in [0.2, 0.25) is 0 Å². The molecule has 0 bridgehead atoms. The Morgan fingerprint density at radius 3 is 2.50 bits per heavy atom. The molecular weight excluding hydrogens is 306 g/mol. The Labute approximate surface area is 143 Å². The Kier molecular flexibility index (Phi) is 6.17. The smallest absolute Gasteiger partial charge is 0.342 e. The predicted molar refractivity (Wildman–Crippen MR) is 93.0 cm³/mol. The minimum Gasteiger partial charge on any atom is -0.459 e. The van der Waals surface area contributed by atoms with Crippen LogP contribution in [0.25, 0.3) is 0 Å². The molecule has 2 heterocycles. The molecule has 1 aliphatic heterocycles. The molecule has 2 rings (SSSR count). The van der Waals surface area contributed by atoms with Gasteiger partial charge >= 0.3 is 5.97 Å². The summed E-state index contributed by atoms with van der Waals surface area (Å²) in [6.45, 7) is 8.99. The molecule has 132 valence electrons. The number of hydrogen-bond donors (Lipinski definition) is 1. The zero-order valence-electron chi connectivity index (χ0n) is 14.9. The van der Waals surface area contributed by atoms with Crippen molar-refractivity contribution < 1.29 is 14.3 Å². The number of carbonyl (C=O) groups excluding carboxylic acids is 2. The fourth-order valence-electron chi connectivity index (χ4n) is 2.84. The molecule has 1 fully saturated rings. The molecule has 0 aliphatic carbocycles. The van der Waals surface area contributed by atoms with Crippen LogP contribution >= 0.6 is 0 Å². The predicted octanol–water partition coefficient (Wildman–Crippen LogP) is 2.39. The van der Waals surface area contributed by atoms with E-state index in [9.17, 15) is 9.59 Å². The van der Waals surface area contributed by atoms with Crippen molar-refractivity contribution >= 4 is 17.7 Å². The van der Waals surface area contributed by atoms with Gasteiger partial charge in [-0.3, -0.25) is 4.79 Å². The number of nitrogens with one attached hydrogen (secondary N) is 1. The van der Waals surface area contributed by atoms with E-state index in [4.69, 9.17) is 4.74 Å². The number of amides is 1. The van der Waals surface area contributed by atoms with E-state index in [1.807, 2.05) is 27.7 Å². The third kappa shape index (κ3) is 4.69. The van der Waals surface area contributed by atoms with Crippen molar-refractivity contribution in [3.05, 3.63) is 23.9 Å². The summed E-state index contributed by atoms with van der Waals surface area (Å²) in [5.74, 6) is 0.433. The third-order valence-corrected chi connectivity index (χ3v) is 3.95. The number of anilines is 1. The summed E-state index contributed by atoms with van der Waals surface area (Å²) in [6, 6.07) is 3.64. The van der Waals surface area contributed by atoms with Crippen LogP contribution in [0.3, 0.4) is 0 Å². The lowest BCUT2D eigenvalue weighted by molar-refractivity contribution is -0.126. The monoisotopic (exact) mass is 333 g/mol. The fraction of sp³-hybridized carbons (Fsp3) is 0.611. The van der Waals surface area contributed by atoms with Crippen molar-refractivity contribution in [2.24, 2.45) is 5.92 Å². The molecule has 1 amide bonds. The average molecular weight is 333 g/mol. The van der Waals surface area contributed by atoms with Gasteiger partial charge in [-0.05, 0) is 52.7 Å². The van der Waals surface area contributed by atoms with Crippen LogP contribution in [0.1, 0.15) is 50.9 Å². The quantitative estimate of drug-likeness (QED) is 0.838. The first-order valence-electron chi connectivity index (χ1n) is 8.59. The van der Waals surface area contributed by atoms with E-state index in [-0.39, 0.29) is 29.9 Å². The lowest BCUT2D eigenvalue weighted by Crippen LogP contribution is -2.43. The number of carbonyl (C=O) groups is 2. The number of nitrogens with zero attached hydrogens (tertiary/aromatic N) is 2. The highest BCUT2D eigenvalue weighted by atomic mass is 16.5. The second-order valence-corrected chi connectivity index (χ2v) is 6.75. The van der Waals surface area contributed by atoms with Crippen LogP contribution in [0.15, 0.2) is 18.3 Å². The largest absolute Gasteiger partial charge is 0.459 e. The number of aromatic nitrogens is 1. The van der Waals surface area contributed by atoms with Crippen molar-refractivity contribution in [2.45, 2.75) is 52.7 Å². The first-order chi connectivity index (χ1) is 11.4. The number of rotatable bonds is 5. The molecule has 1 aliphatic rings. The topological polar surface area (TPSA) is 71.5 Å². The lowest BCUT2D eigenvalue weighted by Gasteiger charge is -2.33. The van der Waals surface area contributed by atoms with Crippen molar-refractivity contribution in [3.8, 4) is 0 Å². The van der Waals surface area contributed by atoms with E-state index in [1.54, 1.807) is 18.3 Å². The Morgan fingerprint density at radius 2 is 1.92 bits per heavy atom. The van der Waals surface area contributed by atoms with Crippen molar-refractivity contribution in [3.63, 3.8) is 0 Å². The minimum absolute atomic E-state index is 0.0263. The standard InChI is InChI=1S/C18H27N3O3/c1-12(2)20-17(22)14-7-10-21(11-8-14)16-15(6-5-9-19-16)18(23)24-13(3)4/h5-6,9,12-14H,7-8,10-11H2,1-4H3,(H,20,22). The Bertz CT molecular complexity index is 579. The first-order valence-corrected chi connectivity index (χ1v) is 8.59. The second kappa shape index (κ2) is 8.13. The van der Waals surface area contributed by atoms with Crippen molar-refractivity contribution in [2.75, 3.05) is 18.0 Å². The van der Waals surface area contributed by atoms with Gasteiger partial charge in [-0.2, -0.15) is 0 Å². The summed E-state index contributed by atoms with van der Waals surface area (Å²) >= 11 is 0. The van der Waals surface area contributed by atoms with E-state index in [1.165, 1.54) is 0 Å². The van der Waals surface area contributed by atoms with Gasteiger partial charge in [-0.25, -0.2) is 9.78 Å². The molecule has 1 aromatic rings. The van der Waals surface area contributed by atoms with Crippen LogP contribution in [-0.4, -0.2) is 42.1 Å². The van der Waals surface area contributed by atoms with E-state index < -0.39 is 0 Å². The number of ether oxygens (including phenoxy) is 1. The fourth-order valence-corrected chi connectivity index (χ4v) is 2.84. The summed E-state index contributed by atoms with van der Waals surface area (Å²) < 4.78 is 5.30. The summed E-state index contributed by atoms with van der Waals surface area (Å²) in [5, 5.41) is 2.97. The molecule has 0 spiro atoms. The highest BCUT2D eigenvalue weighted by Crippen LogP contribution is 2.25. The molecule has 0 radical (unpaired) electrons. The van der Waals surface area contributed by atoms with Crippen molar-refractivity contribution in [1.29, 1.82) is 0 Å². The zero-order valence-corrected chi connectivity index (χ0v) is 14.9. The maximum atomic E-state index is 12.3. The molecule has 1 saturated heterocycles. The molecule has 0 atom stereocenters. The molecular formula is C18H27N3O3. The summed E-state index contributed by atoms with van der Waals surface area (Å²) in [4.78, 5) is 30.8. The van der Waals surface area contributed by atoms with Crippen LogP contribution in [0, 0.1) is 5.92 Å². The number of piperidine rings is 1. The van der Waals surface area contributed by atoms with Crippen LogP contribution in [0.4, 0.5) is 5.82 Å². The maximum absolute atomic E-state index is 12.3. The van der Waals surface area contributed by atoms with E-state index in [2.05, 4.69) is 15.2 Å². The SMILES string of the molecule is CC(C)NC(=O)C1CCN(c2ncccc2C(=O)OC(C)C)CC1. The van der Waals surface area contributed by atoms with Crippen LogP contribution in [0.5, 0.6) is 0 Å². The summed E-state index contributed by atoms with van der Waals surface area (Å²) in [6.07, 6.45) is 3.02. The summed E-state index contributed by atoms with van der Waals surface area (Å²) in [7, 11) is 0. The highest BCUT2D eigenvalue weighted by molar-refractivity contribution is 5.95. The van der Waals surface area contributed by atoms with Crippen LogP contribution < -0.4 is 10.2 Å². The number of hydrogen-bond acceptors (Lipinski definition) is 5. The molecule has 1 aromatic heterocycles. The van der Waals surface area contributed by atoms with Gasteiger partial charge in [0.15, 0.2) is 0 Å². The normalized spacial score (nSPS) is 15.7. The van der Waals surface area contributed by atoms with Gasteiger partial charge in [0.25, 0.3) is 0 Å². The second-order valence-electron chi connectivity index (χ2n) is 6.75. The molecule has 0 saturated carbocycles. The van der Waals surface area contributed by atoms with E-state index in [0.717, 1.165) is 12.8 Å². The van der Waals surface area contributed by atoms with Crippen LogP contribution in [-0.2, 0) is 9.53 Å². The third-order valence-electron chi connectivity index (χ3n) is 3.95. The number of pyridine rings is 1. The molecule has 24 heavy (non-hydrogen) atoms. The first kappa shape index (κ1) is 18.2. The Morgan fingerprint density at radius 1 is 1.25 bits per heavy atom. The van der Waals surface area contributed by atoms with Gasteiger partial charge in [0, 0.05) is 31.2 Å². The molecule has 0 aromatic carbocycles. The molecule has 0 unspecified atom stereocenters. The Balaban J connectivity index is 2.04. The van der Waals surface area contributed by atoms with E-state index >= 15 is 0 Å². The summed E-state index contributed by atoms with van der Waals surface area (Å²) in [5.41, 5.74) is 0.483.